The molecule has 1 aromatic heterocycles. The maximum atomic E-state index is 13.4. The number of rotatable bonds is 5. The van der Waals surface area contributed by atoms with Crippen LogP contribution in [0.4, 0.5) is 4.39 Å². The smallest absolute Gasteiger partial charge is 0.244 e. The number of hydrogen-bond acceptors (Lipinski definition) is 3. The van der Waals surface area contributed by atoms with E-state index in [2.05, 4.69) is 5.32 Å². The van der Waals surface area contributed by atoms with Crippen LogP contribution >= 0.6 is 0 Å². The molecule has 1 aromatic carbocycles. The Bertz CT molecular complexity index is 606. The predicted molar refractivity (Wildman–Crippen MR) is 72.5 cm³/mol. The molecule has 0 unspecified atom stereocenters. The molecule has 0 aliphatic carbocycles. The highest BCUT2D eigenvalue weighted by Crippen LogP contribution is 2.18. The monoisotopic (exact) mass is 275 g/mol. The summed E-state index contributed by atoms with van der Waals surface area (Å²) in [6.45, 7) is 0.313. The van der Waals surface area contributed by atoms with Crippen molar-refractivity contribution in [2.24, 2.45) is 0 Å². The zero-order valence-corrected chi connectivity index (χ0v) is 10.9. The molecular weight excluding hydrogens is 261 g/mol. The predicted octanol–water partition coefficient (Wildman–Crippen LogP) is 2.76. The van der Waals surface area contributed by atoms with Crippen LogP contribution in [0.1, 0.15) is 11.3 Å². The van der Waals surface area contributed by atoms with Gasteiger partial charge in [-0.3, -0.25) is 4.79 Å². The van der Waals surface area contributed by atoms with Crippen molar-refractivity contribution >= 4 is 12.0 Å². The average molecular weight is 275 g/mol. The lowest BCUT2D eigenvalue weighted by Crippen LogP contribution is -2.19. The van der Waals surface area contributed by atoms with E-state index in [1.54, 1.807) is 18.2 Å². The molecule has 104 valence electrons. The van der Waals surface area contributed by atoms with E-state index in [-0.39, 0.29) is 11.7 Å². The number of halogens is 1. The molecule has 2 aromatic rings. The molecule has 20 heavy (non-hydrogen) atoms. The number of methoxy groups -OCH3 is 1. The third kappa shape index (κ3) is 3.71. The van der Waals surface area contributed by atoms with Crippen molar-refractivity contribution in [2.75, 3.05) is 7.11 Å². The van der Waals surface area contributed by atoms with Crippen LogP contribution in [-0.4, -0.2) is 13.0 Å². The molecule has 0 saturated heterocycles. The molecule has 0 spiro atoms. The average Bonchev–Trinajstić information content (AvgIpc) is 2.96. The summed E-state index contributed by atoms with van der Waals surface area (Å²) in [6.07, 6.45) is 4.40. The molecule has 0 atom stereocenters. The third-order valence-corrected chi connectivity index (χ3v) is 2.62. The number of ether oxygens (including phenoxy) is 1. The molecule has 0 aliphatic heterocycles. The number of benzene rings is 1. The van der Waals surface area contributed by atoms with Crippen LogP contribution < -0.4 is 10.1 Å². The van der Waals surface area contributed by atoms with E-state index in [0.717, 1.165) is 0 Å². The van der Waals surface area contributed by atoms with Gasteiger partial charge in [0, 0.05) is 6.08 Å². The number of carbonyl (C=O) groups is 1. The fourth-order valence-corrected chi connectivity index (χ4v) is 1.60. The van der Waals surface area contributed by atoms with Crippen LogP contribution in [-0.2, 0) is 11.3 Å². The summed E-state index contributed by atoms with van der Waals surface area (Å²) < 4.78 is 23.3. The number of carbonyl (C=O) groups excluding carboxylic acids is 1. The zero-order chi connectivity index (χ0) is 14.4. The Kier molecular flexibility index (Phi) is 4.55. The van der Waals surface area contributed by atoms with Gasteiger partial charge in [-0.25, -0.2) is 4.39 Å². The standard InChI is InChI=1S/C15H14FNO3/c1-19-14-6-4-11(9-13(14)16)5-7-15(18)17-10-12-3-2-8-20-12/h2-9H,10H2,1H3,(H,17,18). The highest BCUT2D eigenvalue weighted by atomic mass is 19.1. The van der Waals surface area contributed by atoms with Gasteiger partial charge in [0.15, 0.2) is 11.6 Å². The number of nitrogens with one attached hydrogen (secondary N) is 1. The van der Waals surface area contributed by atoms with Gasteiger partial charge >= 0.3 is 0 Å². The van der Waals surface area contributed by atoms with E-state index >= 15 is 0 Å². The van der Waals surface area contributed by atoms with Gasteiger partial charge in [0.05, 0.1) is 19.9 Å². The first kappa shape index (κ1) is 13.9. The van der Waals surface area contributed by atoms with Crippen LogP contribution in [0.3, 0.4) is 0 Å². The topological polar surface area (TPSA) is 51.5 Å². The summed E-state index contributed by atoms with van der Waals surface area (Å²) in [5.74, 6) is 0.0925. The first-order chi connectivity index (χ1) is 9.69. The van der Waals surface area contributed by atoms with Crippen LogP contribution in [0.25, 0.3) is 6.08 Å². The normalized spacial score (nSPS) is 10.7. The van der Waals surface area contributed by atoms with E-state index in [0.29, 0.717) is 17.9 Å². The van der Waals surface area contributed by atoms with E-state index in [1.165, 1.54) is 37.7 Å². The molecule has 2 rings (SSSR count). The van der Waals surface area contributed by atoms with E-state index in [1.807, 2.05) is 0 Å². The molecule has 0 fully saturated rings. The highest BCUT2D eigenvalue weighted by molar-refractivity contribution is 5.91. The minimum atomic E-state index is -0.467. The number of hydrogen-bond donors (Lipinski definition) is 1. The lowest BCUT2D eigenvalue weighted by molar-refractivity contribution is -0.116. The van der Waals surface area contributed by atoms with Crippen molar-refractivity contribution in [3.8, 4) is 5.75 Å². The van der Waals surface area contributed by atoms with Crippen LogP contribution in [0.2, 0.25) is 0 Å². The lowest BCUT2D eigenvalue weighted by atomic mass is 10.2. The van der Waals surface area contributed by atoms with Crippen LogP contribution in [0.15, 0.2) is 47.1 Å². The van der Waals surface area contributed by atoms with Gasteiger partial charge in [-0.1, -0.05) is 6.07 Å². The maximum absolute atomic E-state index is 13.4. The molecule has 1 N–H and O–H groups in total. The summed E-state index contributed by atoms with van der Waals surface area (Å²) in [6, 6.07) is 7.99. The van der Waals surface area contributed by atoms with Gasteiger partial charge in [0.2, 0.25) is 5.91 Å². The minimum Gasteiger partial charge on any atom is -0.494 e. The first-order valence-corrected chi connectivity index (χ1v) is 6.01. The van der Waals surface area contributed by atoms with Crippen molar-refractivity contribution in [2.45, 2.75) is 6.54 Å². The SMILES string of the molecule is COc1ccc(C=CC(=O)NCc2ccco2)cc1F. The molecule has 0 saturated carbocycles. The highest BCUT2D eigenvalue weighted by Gasteiger charge is 2.02. The second-order valence-corrected chi connectivity index (χ2v) is 4.02. The van der Waals surface area contributed by atoms with Crippen LogP contribution in [0.5, 0.6) is 5.75 Å². The molecule has 4 nitrogen and oxygen atoms in total. The van der Waals surface area contributed by atoms with Crippen molar-refractivity contribution < 1.29 is 18.3 Å². The van der Waals surface area contributed by atoms with Gasteiger partial charge < -0.3 is 14.5 Å². The molecule has 1 heterocycles. The van der Waals surface area contributed by atoms with Gasteiger partial charge in [-0.05, 0) is 35.9 Å². The maximum Gasteiger partial charge on any atom is 0.244 e. The van der Waals surface area contributed by atoms with Crippen molar-refractivity contribution in [1.82, 2.24) is 5.32 Å². The van der Waals surface area contributed by atoms with E-state index in [9.17, 15) is 9.18 Å². The van der Waals surface area contributed by atoms with Crippen molar-refractivity contribution in [3.05, 3.63) is 59.8 Å². The van der Waals surface area contributed by atoms with Gasteiger partial charge in [-0.15, -0.1) is 0 Å². The Balaban J connectivity index is 1.91. The van der Waals surface area contributed by atoms with E-state index < -0.39 is 5.82 Å². The fourth-order valence-electron chi connectivity index (χ4n) is 1.60. The summed E-state index contributed by atoms with van der Waals surface area (Å²) in [5, 5.41) is 2.65. The second-order valence-electron chi connectivity index (χ2n) is 4.02. The van der Waals surface area contributed by atoms with E-state index in [4.69, 9.17) is 9.15 Å². The summed E-state index contributed by atoms with van der Waals surface area (Å²) in [7, 11) is 1.40. The first-order valence-electron chi connectivity index (χ1n) is 6.01. The van der Waals surface area contributed by atoms with Crippen molar-refractivity contribution in [3.63, 3.8) is 0 Å². The van der Waals surface area contributed by atoms with Gasteiger partial charge in [0.1, 0.15) is 5.76 Å². The second kappa shape index (κ2) is 6.56. The molecule has 0 radical (unpaired) electrons. The molecule has 5 heteroatoms. The van der Waals surface area contributed by atoms with Gasteiger partial charge in [0.25, 0.3) is 0 Å². The molecule has 1 amide bonds. The fraction of sp³-hybridized carbons (Fsp3) is 0.133. The largest absolute Gasteiger partial charge is 0.494 e. The van der Waals surface area contributed by atoms with Gasteiger partial charge in [-0.2, -0.15) is 0 Å². The summed E-state index contributed by atoms with van der Waals surface area (Å²) in [4.78, 5) is 11.6. The summed E-state index contributed by atoms with van der Waals surface area (Å²) in [5.41, 5.74) is 0.580. The Morgan fingerprint density at radius 1 is 1.45 bits per heavy atom. The molecule has 0 aliphatic rings. The number of furan rings is 1. The Labute approximate surface area is 115 Å². The Morgan fingerprint density at radius 3 is 2.95 bits per heavy atom. The molecule has 0 bridgehead atoms. The summed E-state index contributed by atoms with van der Waals surface area (Å²) >= 11 is 0. The lowest BCUT2D eigenvalue weighted by Gasteiger charge is -2.02. The Hall–Kier alpha value is -2.56. The minimum absolute atomic E-state index is 0.171. The number of amides is 1. The zero-order valence-electron chi connectivity index (χ0n) is 10.9. The molecular formula is C15H14FNO3. The van der Waals surface area contributed by atoms with Crippen molar-refractivity contribution in [1.29, 1.82) is 0 Å². The van der Waals surface area contributed by atoms with Crippen LogP contribution in [0, 0.1) is 5.82 Å². The Morgan fingerprint density at radius 2 is 2.30 bits per heavy atom. The quantitative estimate of drug-likeness (QED) is 0.854. The third-order valence-electron chi connectivity index (χ3n) is 2.62.